The first-order valence-electron chi connectivity index (χ1n) is 3.66. The monoisotopic (exact) mass is 163 g/mol. The average molecular weight is 163 g/mol. The number of nitrogens with zero attached hydrogens (tertiary/aromatic N) is 1. The Morgan fingerprint density at radius 2 is 2.25 bits per heavy atom. The molecule has 1 heterocycles. The van der Waals surface area contributed by atoms with Crippen LogP contribution in [0.15, 0.2) is 18.3 Å². The Morgan fingerprint density at radius 3 is 2.83 bits per heavy atom. The predicted octanol–water partition coefficient (Wildman–Crippen LogP) is -0.0994. The van der Waals surface area contributed by atoms with Crippen LogP contribution in [0.1, 0.15) is 0 Å². The normalized spacial score (nSPS) is 9.75. The summed E-state index contributed by atoms with van der Waals surface area (Å²) in [4.78, 5) is 3.95. The smallest absolute Gasteiger partial charge is 0.213 e. The number of pyridine rings is 1. The third-order valence-corrected chi connectivity index (χ3v) is 1.30. The van der Waals surface area contributed by atoms with Crippen molar-refractivity contribution in [1.29, 1.82) is 0 Å². The van der Waals surface area contributed by atoms with E-state index in [0.29, 0.717) is 24.6 Å². The highest BCUT2D eigenvalue weighted by molar-refractivity contribution is 6.32. The number of ether oxygens (including phenoxy) is 2. The van der Waals surface area contributed by atoms with E-state index < -0.39 is 0 Å². The summed E-state index contributed by atoms with van der Waals surface area (Å²) in [5.41, 5.74) is 0.633. The Labute approximate surface area is 73.1 Å². The van der Waals surface area contributed by atoms with E-state index >= 15 is 0 Å². The fourth-order valence-corrected chi connectivity index (χ4v) is 0.707. The lowest BCUT2D eigenvalue weighted by Crippen LogP contribution is -2.07. The van der Waals surface area contributed by atoms with E-state index in [1.54, 1.807) is 25.4 Å². The first kappa shape index (κ1) is 9.07. The lowest BCUT2D eigenvalue weighted by atomic mass is 9.99. The molecule has 0 saturated carbocycles. The molecule has 0 spiro atoms. The maximum absolute atomic E-state index is 5.44. The molecule has 0 amide bonds. The molecule has 2 radical (unpaired) electrons. The molecule has 0 fully saturated rings. The summed E-state index contributed by atoms with van der Waals surface area (Å²) in [6, 6.07) is 3.47. The summed E-state index contributed by atoms with van der Waals surface area (Å²) in [7, 11) is 7.06. The molecular formula is C8H10BNO2. The van der Waals surface area contributed by atoms with Crippen LogP contribution >= 0.6 is 0 Å². The van der Waals surface area contributed by atoms with Gasteiger partial charge in [-0.05, 0) is 6.07 Å². The average Bonchev–Trinajstić information content (AvgIpc) is 2.09. The first-order valence-corrected chi connectivity index (χ1v) is 3.66. The second-order valence-corrected chi connectivity index (χ2v) is 2.27. The van der Waals surface area contributed by atoms with Gasteiger partial charge in [0.2, 0.25) is 5.88 Å². The largest absolute Gasteiger partial charge is 0.475 e. The number of aromatic nitrogens is 1. The molecule has 0 saturated heterocycles. The molecule has 12 heavy (non-hydrogen) atoms. The molecular weight excluding hydrogens is 153 g/mol. The van der Waals surface area contributed by atoms with Gasteiger partial charge in [0.1, 0.15) is 14.5 Å². The van der Waals surface area contributed by atoms with Crippen molar-refractivity contribution in [3.63, 3.8) is 0 Å². The van der Waals surface area contributed by atoms with Gasteiger partial charge < -0.3 is 9.47 Å². The van der Waals surface area contributed by atoms with Crippen LogP contribution in [0.4, 0.5) is 0 Å². The van der Waals surface area contributed by atoms with Crippen LogP contribution in [-0.4, -0.2) is 33.2 Å². The first-order chi connectivity index (χ1) is 5.83. The zero-order valence-electron chi connectivity index (χ0n) is 6.99. The number of hydrogen-bond donors (Lipinski definition) is 0. The molecule has 1 aromatic rings. The molecule has 0 aliphatic heterocycles. The zero-order chi connectivity index (χ0) is 8.81. The fourth-order valence-electron chi connectivity index (χ4n) is 0.707. The van der Waals surface area contributed by atoms with Gasteiger partial charge in [-0.1, -0.05) is 11.5 Å². The highest BCUT2D eigenvalue weighted by Crippen LogP contribution is 2.00. The van der Waals surface area contributed by atoms with E-state index in [2.05, 4.69) is 4.98 Å². The van der Waals surface area contributed by atoms with Crippen LogP contribution in [0, 0.1) is 0 Å². The minimum atomic E-state index is 0.507. The fraction of sp³-hybridized carbons (Fsp3) is 0.375. The van der Waals surface area contributed by atoms with Gasteiger partial charge in [0.05, 0.1) is 6.61 Å². The summed E-state index contributed by atoms with van der Waals surface area (Å²) < 4.78 is 10.0. The Balaban J connectivity index is 2.37. The third-order valence-electron chi connectivity index (χ3n) is 1.30. The summed E-state index contributed by atoms with van der Waals surface area (Å²) in [5, 5.41) is 0. The molecule has 0 aliphatic rings. The minimum absolute atomic E-state index is 0.507. The van der Waals surface area contributed by atoms with Gasteiger partial charge in [-0.15, -0.1) is 0 Å². The maximum Gasteiger partial charge on any atom is 0.213 e. The van der Waals surface area contributed by atoms with Gasteiger partial charge >= 0.3 is 0 Å². The van der Waals surface area contributed by atoms with Crippen molar-refractivity contribution in [3.8, 4) is 5.88 Å². The molecule has 3 nitrogen and oxygen atoms in total. The van der Waals surface area contributed by atoms with Crippen molar-refractivity contribution < 1.29 is 9.47 Å². The third kappa shape index (κ3) is 2.92. The molecule has 1 aromatic heterocycles. The van der Waals surface area contributed by atoms with Crippen molar-refractivity contribution in [2.75, 3.05) is 20.3 Å². The van der Waals surface area contributed by atoms with E-state index in [-0.39, 0.29) is 0 Å². The quantitative estimate of drug-likeness (QED) is 0.458. The van der Waals surface area contributed by atoms with Crippen molar-refractivity contribution in [3.05, 3.63) is 18.3 Å². The van der Waals surface area contributed by atoms with Gasteiger partial charge in [0.15, 0.2) is 0 Å². The van der Waals surface area contributed by atoms with Crippen molar-refractivity contribution in [2.24, 2.45) is 0 Å². The molecule has 0 aromatic carbocycles. The lowest BCUT2D eigenvalue weighted by molar-refractivity contribution is 0.144. The van der Waals surface area contributed by atoms with Crippen LogP contribution < -0.4 is 10.2 Å². The summed E-state index contributed by atoms with van der Waals surface area (Å²) in [6.07, 6.45) is 1.56. The van der Waals surface area contributed by atoms with Crippen molar-refractivity contribution >= 4 is 13.3 Å². The molecule has 0 unspecified atom stereocenters. The van der Waals surface area contributed by atoms with E-state index in [4.69, 9.17) is 17.3 Å². The maximum atomic E-state index is 5.44. The second-order valence-electron chi connectivity index (χ2n) is 2.27. The zero-order valence-corrected chi connectivity index (χ0v) is 6.99. The van der Waals surface area contributed by atoms with Gasteiger partial charge in [0.25, 0.3) is 0 Å². The molecule has 1 rings (SSSR count). The van der Waals surface area contributed by atoms with Gasteiger partial charge in [0, 0.05) is 13.3 Å². The summed E-state index contributed by atoms with van der Waals surface area (Å²) in [5.74, 6) is 0.571. The minimum Gasteiger partial charge on any atom is -0.475 e. The molecule has 0 N–H and O–H groups in total. The van der Waals surface area contributed by atoms with Crippen LogP contribution in [0.2, 0.25) is 0 Å². The number of methoxy groups -OCH3 is 1. The molecule has 4 heteroatoms. The van der Waals surface area contributed by atoms with Gasteiger partial charge in [-0.2, -0.15) is 0 Å². The van der Waals surface area contributed by atoms with Crippen LogP contribution in [0.5, 0.6) is 5.88 Å². The number of rotatable bonds is 4. The Bertz CT molecular complexity index is 225. The highest BCUT2D eigenvalue weighted by atomic mass is 16.5. The van der Waals surface area contributed by atoms with Crippen molar-refractivity contribution in [1.82, 2.24) is 4.98 Å². The van der Waals surface area contributed by atoms with E-state index in [1.165, 1.54) is 0 Å². The molecule has 0 bridgehead atoms. The van der Waals surface area contributed by atoms with Crippen LogP contribution in [-0.2, 0) is 4.74 Å². The summed E-state index contributed by atoms with van der Waals surface area (Å²) >= 11 is 0. The SMILES string of the molecule is [B]c1ccc(OCCOC)nc1. The molecule has 0 atom stereocenters. The molecule has 62 valence electrons. The Morgan fingerprint density at radius 1 is 1.42 bits per heavy atom. The van der Waals surface area contributed by atoms with E-state index in [0.717, 1.165) is 0 Å². The summed E-state index contributed by atoms with van der Waals surface area (Å²) in [6.45, 7) is 1.07. The highest BCUT2D eigenvalue weighted by Gasteiger charge is 1.92. The van der Waals surface area contributed by atoms with Gasteiger partial charge in [-0.25, -0.2) is 4.98 Å². The van der Waals surface area contributed by atoms with E-state index in [1.807, 2.05) is 0 Å². The number of hydrogen-bond acceptors (Lipinski definition) is 3. The standard InChI is InChI=1S/C8H10BNO2/c1-11-4-5-12-8-3-2-7(9)6-10-8/h2-3,6H,4-5H2,1H3. The lowest BCUT2D eigenvalue weighted by Gasteiger charge is -2.03. The van der Waals surface area contributed by atoms with Crippen LogP contribution in [0.3, 0.4) is 0 Å². The predicted molar refractivity (Wildman–Crippen MR) is 47.0 cm³/mol. The second kappa shape index (κ2) is 4.77. The van der Waals surface area contributed by atoms with Crippen LogP contribution in [0.25, 0.3) is 0 Å². The van der Waals surface area contributed by atoms with Crippen molar-refractivity contribution in [2.45, 2.75) is 0 Å². The van der Waals surface area contributed by atoms with E-state index in [9.17, 15) is 0 Å². The topological polar surface area (TPSA) is 31.4 Å². The Hall–Kier alpha value is -1.03. The molecule has 0 aliphatic carbocycles. The van der Waals surface area contributed by atoms with Gasteiger partial charge in [-0.3, -0.25) is 0 Å². The Kier molecular flexibility index (Phi) is 3.61.